The second kappa shape index (κ2) is 5.44. The van der Waals surface area contributed by atoms with E-state index in [0.717, 1.165) is 31.4 Å². The van der Waals surface area contributed by atoms with Crippen LogP contribution in [0.15, 0.2) is 12.1 Å². The van der Waals surface area contributed by atoms with Crippen LogP contribution in [0.4, 0.5) is 15.8 Å². The summed E-state index contributed by atoms with van der Waals surface area (Å²) in [6.45, 7) is 2.09. The number of hydrogen-bond donors (Lipinski definition) is 2. The maximum absolute atomic E-state index is 13.7. The molecule has 1 saturated carbocycles. The minimum Gasteiger partial charge on any atom is -0.478 e. The predicted octanol–water partition coefficient (Wildman–Crippen LogP) is 3.03. The van der Waals surface area contributed by atoms with Crippen LogP contribution in [0.2, 0.25) is 0 Å². The van der Waals surface area contributed by atoms with Crippen LogP contribution in [0.1, 0.15) is 36.5 Å². The van der Waals surface area contributed by atoms with Gasteiger partial charge in [-0.15, -0.1) is 0 Å². The summed E-state index contributed by atoms with van der Waals surface area (Å²) in [6, 6.07) is 1.71. The van der Waals surface area contributed by atoms with Crippen LogP contribution in [-0.4, -0.2) is 22.0 Å². The average Bonchev–Trinajstić information content (AvgIpc) is 2.74. The van der Waals surface area contributed by atoms with E-state index in [4.69, 9.17) is 5.11 Å². The van der Waals surface area contributed by atoms with Gasteiger partial charge < -0.3 is 10.4 Å². The molecule has 1 aromatic carbocycles. The van der Waals surface area contributed by atoms with Gasteiger partial charge in [0.1, 0.15) is 17.1 Å². The topological polar surface area (TPSA) is 92.5 Å². The van der Waals surface area contributed by atoms with Crippen molar-refractivity contribution in [2.24, 2.45) is 5.92 Å². The molecule has 1 aliphatic rings. The number of nitro benzene ring substituents is 1. The zero-order chi connectivity index (χ0) is 14.9. The first-order valence-corrected chi connectivity index (χ1v) is 6.36. The summed E-state index contributed by atoms with van der Waals surface area (Å²) in [6.07, 6.45) is 2.74. The Balaban J connectivity index is 2.34. The van der Waals surface area contributed by atoms with Crippen molar-refractivity contribution in [3.05, 3.63) is 33.6 Å². The van der Waals surface area contributed by atoms with Crippen molar-refractivity contribution in [2.75, 3.05) is 5.32 Å². The van der Waals surface area contributed by atoms with Gasteiger partial charge in [0.2, 0.25) is 0 Å². The fourth-order valence-corrected chi connectivity index (χ4v) is 2.55. The summed E-state index contributed by atoms with van der Waals surface area (Å²) in [7, 11) is 0. The Morgan fingerprint density at radius 1 is 1.50 bits per heavy atom. The highest BCUT2D eigenvalue weighted by Crippen LogP contribution is 2.33. The van der Waals surface area contributed by atoms with Crippen LogP contribution in [0.5, 0.6) is 0 Å². The predicted molar refractivity (Wildman–Crippen MR) is 70.4 cm³/mol. The molecule has 0 saturated heterocycles. The van der Waals surface area contributed by atoms with Crippen LogP contribution in [0, 0.1) is 21.8 Å². The molecule has 0 amide bonds. The van der Waals surface area contributed by atoms with Gasteiger partial charge in [-0.25, -0.2) is 9.18 Å². The Morgan fingerprint density at radius 2 is 2.20 bits per heavy atom. The number of benzene rings is 1. The van der Waals surface area contributed by atoms with Gasteiger partial charge in [-0.3, -0.25) is 10.1 Å². The molecule has 2 rings (SSSR count). The minimum absolute atomic E-state index is 0.0385. The van der Waals surface area contributed by atoms with Crippen molar-refractivity contribution < 1.29 is 19.2 Å². The monoisotopic (exact) mass is 282 g/mol. The molecule has 1 aliphatic carbocycles. The van der Waals surface area contributed by atoms with Crippen molar-refractivity contribution in [2.45, 2.75) is 32.2 Å². The molecule has 7 heteroatoms. The third kappa shape index (κ3) is 2.87. The molecule has 0 bridgehead atoms. The summed E-state index contributed by atoms with van der Waals surface area (Å²) < 4.78 is 13.7. The maximum Gasteiger partial charge on any atom is 0.338 e. The summed E-state index contributed by atoms with van der Waals surface area (Å²) in [4.78, 5) is 21.1. The molecule has 108 valence electrons. The van der Waals surface area contributed by atoms with Gasteiger partial charge in [0, 0.05) is 18.2 Å². The highest BCUT2D eigenvalue weighted by molar-refractivity contribution is 5.90. The lowest BCUT2D eigenvalue weighted by Gasteiger charge is -2.14. The van der Waals surface area contributed by atoms with E-state index in [0.29, 0.717) is 5.92 Å². The summed E-state index contributed by atoms with van der Waals surface area (Å²) in [5.41, 5.74) is -1.07. The van der Waals surface area contributed by atoms with E-state index in [1.807, 2.05) is 0 Å². The van der Waals surface area contributed by atoms with E-state index in [1.54, 1.807) is 0 Å². The van der Waals surface area contributed by atoms with Gasteiger partial charge in [0.05, 0.1) is 4.92 Å². The number of nitrogens with one attached hydrogen (secondary N) is 1. The Hall–Kier alpha value is -2.18. The lowest BCUT2D eigenvalue weighted by Crippen LogP contribution is -2.17. The summed E-state index contributed by atoms with van der Waals surface area (Å²) in [5, 5.41) is 22.7. The fraction of sp³-hybridized carbons (Fsp3) is 0.462. The number of nitro groups is 1. The first-order valence-electron chi connectivity index (χ1n) is 6.36. The molecule has 1 aromatic rings. The number of carboxylic acid groups (broad SMARTS) is 1. The molecule has 0 heterocycles. The Bertz CT molecular complexity index is 562. The number of carbonyl (C=O) groups is 1. The third-order valence-electron chi connectivity index (χ3n) is 3.57. The minimum atomic E-state index is -1.52. The number of rotatable bonds is 4. The SMILES string of the molecule is CC1CCC(Nc2cc(F)c(C(=O)O)cc2[N+](=O)[O-])C1. The number of aromatic carboxylic acids is 1. The van der Waals surface area contributed by atoms with Crippen LogP contribution in [0.25, 0.3) is 0 Å². The number of anilines is 1. The molecule has 2 unspecified atom stereocenters. The molecule has 2 atom stereocenters. The van der Waals surface area contributed by atoms with Crippen molar-refractivity contribution in [1.29, 1.82) is 0 Å². The Labute approximate surface area is 114 Å². The van der Waals surface area contributed by atoms with E-state index >= 15 is 0 Å². The molecule has 1 fully saturated rings. The smallest absolute Gasteiger partial charge is 0.338 e. The van der Waals surface area contributed by atoms with Crippen LogP contribution >= 0.6 is 0 Å². The standard InChI is InChI=1S/C13H15FN2O4/c1-7-2-3-8(4-7)15-11-6-10(14)9(13(17)18)5-12(11)16(19)20/h5-8,15H,2-4H2,1H3,(H,17,18). The second-order valence-electron chi connectivity index (χ2n) is 5.17. The number of nitrogens with zero attached hydrogens (tertiary/aromatic N) is 1. The second-order valence-corrected chi connectivity index (χ2v) is 5.17. The number of hydrogen-bond acceptors (Lipinski definition) is 4. The van der Waals surface area contributed by atoms with Crippen LogP contribution in [-0.2, 0) is 0 Å². The lowest BCUT2D eigenvalue weighted by atomic mass is 10.1. The normalized spacial score (nSPS) is 21.7. The highest BCUT2D eigenvalue weighted by atomic mass is 19.1. The number of carboxylic acids is 1. The zero-order valence-electron chi connectivity index (χ0n) is 10.9. The van der Waals surface area contributed by atoms with Crippen molar-refractivity contribution in [3.8, 4) is 0 Å². The molecular formula is C13H15FN2O4. The van der Waals surface area contributed by atoms with Gasteiger partial charge in [0.15, 0.2) is 0 Å². The molecular weight excluding hydrogens is 267 g/mol. The molecule has 0 aliphatic heterocycles. The van der Waals surface area contributed by atoms with Gasteiger partial charge >= 0.3 is 5.97 Å². The Kier molecular flexibility index (Phi) is 3.87. The molecule has 20 heavy (non-hydrogen) atoms. The number of halogens is 1. The fourth-order valence-electron chi connectivity index (χ4n) is 2.55. The van der Waals surface area contributed by atoms with Crippen molar-refractivity contribution in [1.82, 2.24) is 0 Å². The lowest BCUT2D eigenvalue weighted by molar-refractivity contribution is -0.384. The highest BCUT2D eigenvalue weighted by Gasteiger charge is 2.26. The van der Waals surface area contributed by atoms with Crippen molar-refractivity contribution >= 4 is 17.3 Å². The molecule has 2 N–H and O–H groups in total. The van der Waals surface area contributed by atoms with Crippen LogP contribution < -0.4 is 5.32 Å². The van der Waals surface area contributed by atoms with Gasteiger partial charge in [-0.05, 0) is 25.2 Å². The molecule has 0 aromatic heterocycles. The van der Waals surface area contributed by atoms with E-state index < -0.39 is 28.0 Å². The summed E-state index contributed by atoms with van der Waals surface area (Å²) in [5.74, 6) is -1.97. The van der Waals surface area contributed by atoms with E-state index in [1.165, 1.54) is 0 Å². The first kappa shape index (κ1) is 14.2. The van der Waals surface area contributed by atoms with Gasteiger partial charge in [-0.1, -0.05) is 6.92 Å². The van der Waals surface area contributed by atoms with Gasteiger partial charge in [0.25, 0.3) is 5.69 Å². The van der Waals surface area contributed by atoms with Gasteiger partial charge in [-0.2, -0.15) is 0 Å². The van der Waals surface area contributed by atoms with E-state index in [2.05, 4.69) is 12.2 Å². The maximum atomic E-state index is 13.7. The molecule has 0 spiro atoms. The largest absolute Gasteiger partial charge is 0.478 e. The molecule has 0 radical (unpaired) electrons. The third-order valence-corrected chi connectivity index (χ3v) is 3.57. The Morgan fingerprint density at radius 3 is 2.70 bits per heavy atom. The van der Waals surface area contributed by atoms with Crippen LogP contribution in [0.3, 0.4) is 0 Å². The quantitative estimate of drug-likeness (QED) is 0.654. The summed E-state index contributed by atoms with van der Waals surface area (Å²) >= 11 is 0. The average molecular weight is 282 g/mol. The molecule has 6 nitrogen and oxygen atoms in total. The first-order chi connectivity index (χ1) is 9.38. The van der Waals surface area contributed by atoms with E-state index in [-0.39, 0.29) is 11.7 Å². The van der Waals surface area contributed by atoms with E-state index in [9.17, 15) is 19.3 Å². The zero-order valence-corrected chi connectivity index (χ0v) is 10.9. The van der Waals surface area contributed by atoms with Crippen molar-refractivity contribution in [3.63, 3.8) is 0 Å².